The molecule has 0 radical (unpaired) electrons. The fraction of sp³-hybridized carbons (Fsp3) is 0.381. The van der Waals surface area contributed by atoms with Crippen LogP contribution in [0.5, 0.6) is 0 Å². The van der Waals surface area contributed by atoms with E-state index in [1.807, 2.05) is 6.07 Å². The lowest BCUT2D eigenvalue weighted by molar-refractivity contribution is 0.185. The summed E-state index contributed by atoms with van der Waals surface area (Å²) >= 11 is 0. The Kier molecular flexibility index (Phi) is 11.0. The van der Waals surface area contributed by atoms with Crippen molar-refractivity contribution in [2.45, 2.75) is 32.9 Å². The highest BCUT2D eigenvalue weighted by atomic mass is 127. The van der Waals surface area contributed by atoms with Gasteiger partial charge >= 0.3 is 0 Å². The van der Waals surface area contributed by atoms with Crippen LogP contribution in [0.3, 0.4) is 0 Å². The van der Waals surface area contributed by atoms with Crippen molar-refractivity contribution in [3.05, 3.63) is 71.3 Å². The maximum atomic E-state index is 5.19. The minimum atomic E-state index is 0. The monoisotopic (exact) mass is 467 g/mol. The molecular weight excluding hydrogens is 437 g/mol. The third-order valence-corrected chi connectivity index (χ3v) is 4.01. The normalized spacial score (nSPS) is 12.2. The second kappa shape index (κ2) is 12.7. The zero-order chi connectivity index (χ0) is 17.9. The van der Waals surface area contributed by atoms with Crippen molar-refractivity contribution in [1.29, 1.82) is 0 Å². The van der Waals surface area contributed by atoms with Crippen LogP contribution in [0.2, 0.25) is 0 Å². The summed E-state index contributed by atoms with van der Waals surface area (Å²) in [5, 5.41) is 6.76. The zero-order valence-corrected chi connectivity index (χ0v) is 18.2. The van der Waals surface area contributed by atoms with E-state index in [2.05, 4.69) is 73.0 Å². The average Bonchev–Trinajstić information content (AvgIpc) is 2.65. The van der Waals surface area contributed by atoms with E-state index >= 15 is 0 Å². The molecule has 0 heterocycles. The Hall–Kier alpha value is -1.60. The summed E-state index contributed by atoms with van der Waals surface area (Å²) in [6.45, 7) is 7.27. The van der Waals surface area contributed by atoms with E-state index in [1.54, 1.807) is 7.11 Å². The zero-order valence-electron chi connectivity index (χ0n) is 15.9. The quantitative estimate of drug-likeness (QED) is 0.346. The summed E-state index contributed by atoms with van der Waals surface area (Å²) in [5.41, 5.74) is 3.69. The number of rotatable bonds is 8. The topological polar surface area (TPSA) is 45.7 Å². The Bertz CT molecular complexity index is 661. The van der Waals surface area contributed by atoms with E-state index in [4.69, 9.17) is 9.73 Å². The molecule has 5 heteroatoms. The molecule has 0 aromatic heterocycles. The summed E-state index contributed by atoms with van der Waals surface area (Å²) in [5.74, 6) is 1.28. The van der Waals surface area contributed by atoms with Gasteiger partial charge in [0, 0.05) is 20.2 Å². The van der Waals surface area contributed by atoms with Gasteiger partial charge in [-0.1, -0.05) is 61.5 Å². The molecule has 2 aromatic carbocycles. The second-order valence-electron chi connectivity index (χ2n) is 6.14. The first-order chi connectivity index (χ1) is 12.2. The van der Waals surface area contributed by atoms with Crippen molar-refractivity contribution in [1.82, 2.24) is 10.6 Å². The third kappa shape index (κ3) is 7.74. The fourth-order valence-corrected chi connectivity index (χ4v) is 2.65. The molecule has 2 rings (SSSR count). The number of benzene rings is 2. The molecule has 26 heavy (non-hydrogen) atoms. The van der Waals surface area contributed by atoms with Crippen LogP contribution in [0.1, 0.15) is 36.5 Å². The smallest absolute Gasteiger partial charge is 0.191 e. The Labute approximate surface area is 174 Å². The number of nitrogens with zero attached hydrogens (tertiary/aromatic N) is 1. The molecule has 0 amide bonds. The lowest BCUT2D eigenvalue weighted by atomic mass is 10.0. The van der Waals surface area contributed by atoms with Crippen LogP contribution in [-0.4, -0.2) is 26.2 Å². The molecule has 1 atom stereocenters. The van der Waals surface area contributed by atoms with Gasteiger partial charge in [0.2, 0.25) is 0 Å². The summed E-state index contributed by atoms with van der Waals surface area (Å²) in [7, 11) is 1.71. The first-order valence-corrected chi connectivity index (χ1v) is 8.86. The summed E-state index contributed by atoms with van der Waals surface area (Å²) in [6, 6.07) is 18.9. The Morgan fingerprint density at radius 1 is 1.04 bits per heavy atom. The molecule has 0 fully saturated rings. The van der Waals surface area contributed by atoms with Gasteiger partial charge in [0.1, 0.15) is 0 Å². The minimum absolute atomic E-state index is 0. The van der Waals surface area contributed by atoms with Crippen LogP contribution in [-0.2, 0) is 17.9 Å². The highest BCUT2D eigenvalue weighted by molar-refractivity contribution is 14.0. The number of aliphatic imine (C=N–C) groups is 1. The fourth-order valence-electron chi connectivity index (χ4n) is 2.65. The number of hydrogen-bond donors (Lipinski definition) is 2. The van der Waals surface area contributed by atoms with E-state index in [0.717, 1.165) is 19.0 Å². The van der Waals surface area contributed by atoms with Crippen molar-refractivity contribution in [3.8, 4) is 0 Å². The van der Waals surface area contributed by atoms with Crippen molar-refractivity contribution in [2.75, 3.05) is 20.2 Å². The molecule has 1 unspecified atom stereocenters. The minimum Gasteiger partial charge on any atom is -0.380 e. The van der Waals surface area contributed by atoms with Gasteiger partial charge in [-0.2, -0.15) is 0 Å². The third-order valence-electron chi connectivity index (χ3n) is 4.01. The molecule has 0 aliphatic rings. The SMILES string of the molecule is CCNC(=NCc1cccc(COC)c1)NCC(C)c1ccccc1.I. The van der Waals surface area contributed by atoms with Crippen LogP contribution >= 0.6 is 24.0 Å². The number of nitrogens with one attached hydrogen (secondary N) is 2. The molecule has 2 aromatic rings. The van der Waals surface area contributed by atoms with Crippen LogP contribution < -0.4 is 10.6 Å². The molecule has 0 spiro atoms. The number of ether oxygens (including phenoxy) is 1. The van der Waals surface area contributed by atoms with Crippen molar-refractivity contribution >= 4 is 29.9 Å². The summed E-state index contributed by atoms with van der Waals surface area (Å²) in [6.07, 6.45) is 0. The first-order valence-electron chi connectivity index (χ1n) is 8.86. The molecule has 142 valence electrons. The van der Waals surface area contributed by atoms with Crippen molar-refractivity contribution in [3.63, 3.8) is 0 Å². The first kappa shape index (κ1) is 22.4. The van der Waals surface area contributed by atoms with Crippen molar-refractivity contribution in [2.24, 2.45) is 4.99 Å². The summed E-state index contributed by atoms with van der Waals surface area (Å²) in [4.78, 5) is 4.70. The lowest BCUT2D eigenvalue weighted by Crippen LogP contribution is -2.39. The molecular formula is C21H30IN3O. The standard InChI is InChI=1S/C21H29N3O.HI/c1-4-22-21(23-14-17(2)20-11-6-5-7-12-20)24-15-18-9-8-10-19(13-18)16-25-3;/h5-13,17H,4,14-16H2,1-3H3,(H2,22,23,24);1H. The van der Waals surface area contributed by atoms with Gasteiger partial charge in [-0.3, -0.25) is 0 Å². The second-order valence-corrected chi connectivity index (χ2v) is 6.14. The van der Waals surface area contributed by atoms with Crippen molar-refractivity contribution < 1.29 is 4.74 Å². The largest absolute Gasteiger partial charge is 0.380 e. The predicted molar refractivity (Wildman–Crippen MR) is 120 cm³/mol. The Morgan fingerprint density at radius 3 is 2.46 bits per heavy atom. The van der Waals surface area contributed by atoms with E-state index in [1.165, 1.54) is 16.7 Å². The number of hydrogen-bond acceptors (Lipinski definition) is 2. The van der Waals surface area contributed by atoms with Gasteiger partial charge in [0.25, 0.3) is 0 Å². The van der Waals surface area contributed by atoms with Crippen LogP contribution in [0, 0.1) is 0 Å². The maximum absolute atomic E-state index is 5.19. The van der Waals surface area contributed by atoms with Gasteiger partial charge in [-0.05, 0) is 29.5 Å². The van der Waals surface area contributed by atoms with Gasteiger partial charge in [0.15, 0.2) is 5.96 Å². The van der Waals surface area contributed by atoms with Gasteiger partial charge in [0.05, 0.1) is 13.2 Å². The van der Waals surface area contributed by atoms with E-state index < -0.39 is 0 Å². The van der Waals surface area contributed by atoms with Crippen LogP contribution in [0.4, 0.5) is 0 Å². The molecule has 0 aliphatic carbocycles. The van der Waals surface area contributed by atoms with Gasteiger partial charge in [-0.15, -0.1) is 24.0 Å². The Morgan fingerprint density at radius 2 is 1.77 bits per heavy atom. The number of halogens is 1. The van der Waals surface area contributed by atoms with Gasteiger partial charge in [-0.25, -0.2) is 4.99 Å². The lowest BCUT2D eigenvalue weighted by Gasteiger charge is -2.16. The number of methoxy groups -OCH3 is 1. The van der Waals surface area contributed by atoms with Crippen LogP contribution in [0.15, 0.2) is 59.6 Å². The van der Waals surface area contributed by atoms with E-state index in [0.29, 0.717) is 19.1 Å². The molecule has 0 bridgehead atoms. The molecule has 4 nitrogen and oxygen atoms in total. The molecule has 0 saturated heterocycles. The van der Waals surface area contributed by atoms with Gasteiger partial charge < -0.3 is 15.4 Å². The maximum Gasteiger partial charge on any atom is 0.191 e. The highest BCUT2D eigenvalue weighted by Gasteiger charge is 2.06. The van der Waals surface area contributed by atoms with Crippen LogP contribution in [0.25, 0.3) is 0 Å². The van der Waals surface area contributed by atoms with E-state index in [-0.39, 0.29) is 24.0 Å². The van der Waals surface area contributed by atoms with E-state index in [9.17, 15) is 0 Å². The number of guanidine groups is 1. The molecule has 2 N–H and O–H groups in total. The predicted octanol–water partition coefficient (Wildman–Crippen LogP) is 4.31. The highest BCUT2D eigenvalue weighted by Crippen LogP contribution is 2.13. The summed E-state index contributed by atoms with van der Waals surface area (Å²) < 4.78 is 5.19. The molecule has 0 saturated carbocycles. The average molecular weight is 467 g/mol. The Balaban J connectivity index is 0.00000338. The molecule has 0 aliphatic heterocycles.